The van der Waals surface area contributed by atoms with Gasteiger partial charge in [-0.1, -0.05) is 5.16 Å². The van der Waals surface area contributed by atoms with Crippen LogP contribution in [0.1, 0.15) is 16.1 Å². The molecule has 1 aliphatic heterocycles. The van der Waals surface area contributed by atoms with Crippen LogP contribution in [-0.4, -0.2) is 64.5 Å². The molecule has 0 bridgehead atoms. The van der Waals surface area contributed by atoms with Crippen LogP contribution in [0.3, 0.4) is 0 Å². The standard InChI is InChI=1S/C16H19N5O3/c1-12-9-14(19-24-12)18-15(22)11-20-5-7-21(8-6-20)16(23)13-3-2-4-17-10-13/h2-4,9-10H,5-8,11H2,1H3,(H,18,19,22). The first-order valence-electron chi connectivity index (χ1n) is 7.76. The number of rotatable bonds is 4. The molecular weight excluding hydrogens is 310 g/mol. The number of aryl methyl sites for hydroxylation is 1. The van der Waals surface area contributed by atoms with E-state index >= 15 is 0 Å². The van der Waals surface area contributed by atoms with Gasteiger partial charge in [0.05, 0.1) is 12.1 Å². The summed E-state index contributed by atoms with van der Waals surface area (Å²) in [6.07, 6.45) is 3.21. The zero-order valence-electron chi connectivity index (χ0n) is 13.4. The van der Waals surface area contributed by atoms with Crippen LogP contribution in [0, 0.1) is 6.92 Å². The van der Waals surface area contributed by atoms with E-state index in [0.29, 0.717) is 43.3 Å². The van der Waals surface area contributed by atoms with Gasteiger partial charge in [0, 0.05) is 44.6 Å². The second kappa shape index (κ2) is 7.22. The Balaban J connectivity index is 1.46. The van der Waals surface area contributed by atoms with Crippen LogP contribution < -0.4 is 5.32 Å². The van der Waals surface area contributed by atoms with E-state index in [1.165, 1.54) is 0 Å². The van der Waals surface area contributed by atoms with Gasteiger partial charge in [-0.05, 0) is 19.1 Å². The van der Waals surface area contributed by atoms with Gasteiger partial charge in [0.25, 0.3) is 5.91 Å². The van der Waals surface area contributed by atoms with Crippen molar-refractivity contribution in [2.45, 2.75) is 6.92 Å². The van der Waals surface area contributed by atoms with Gasteiger partial charge in [-0.3, -0.25) is 19.5 Å². The summed E-state index contributed by atoms with van der Waals surface area (Å²) in [5.41, 5.74) is 0.588. The van der Waals surface area contributed by atoms with Crippen molar-refractivity contribution in [2.75, 3.05) is 38.0 Å². The molecule has 0 aromatic carbocycles. The molecule has 2 aromatic heterocycles. The van der Waals surface area contributed by atoms with Gasteiger partial charge in [0.2, 0.25) is 5.91 Å². The van der Waals surface area contributed by atoms with Crippen LogP contribution in [0.25, 0.3) is 0 Å². The lowest BCUT2D eigenvalue weighted by molar-refractivity contribution is -0.117. The van der Waals surface area contributed by atoms with Gasteiger partial charge in [-0.15, -0.1) is 0 Å². The molecule has 0 radical (unpaired) electrons. The SMILES string of the molecule is Cc1cc(NC(=O)CN2CCN(C(=O)c3cccnc3)CC2)no1. The highest BCUT2D eigenvalue weighted by molar-refractivity contribution is 5.94. The van der Waals surface area contributed by atoms with Crippen molar-refractivity contribution in [1.82, 2.24) is 19.9 Å². The Morgan fingerprint density at radius 3 is 2.71 bits per heavy atom. The molecule has 1 saturated heterocycles. The lowest BCUT2D eigenvalue weighted by atomic mass is 10.2. The van der Waals surface area contributed by atoms with Gasteiger partial charge in [0.15, 0.2) is 5.82 Å². The van der Waals surface area contributed by atoms with Gasteiger partial charge in [-0.25, -0.2) is 0 Å². The third-order valence-corrected chi connectivity index (χ3v) is 3.83. The van der Waals surface area contributed by atoms with E-state index in [0.717, 1.165) is 0 Å². The highest BCUT2D eigenvalue weighted by Crippen LogP contribution is 2.09. The number of piperazine rings is 1. The van der Waals surface area contributed by atoms with E-state index < -0.39 is 0 Å². The van der Waals surface area contributed by atoms with Gasteiger partial charge in [-0.2, -0.15) is 0 Å². The van der Waals surface area contributed by atoms with Gasteiger partial charge >= 0.3 is 0 Å². The van der Waals surface area contributed by atoms with Crippen molar-refractivity contribution in [3.8, 4) is 0 Å². The summed E-state index contributed by atoms with van der Waals surface area (Å²) in [5.74, 6) is 0.899. The van der Waals surface area contributed by atoms with Crippen LogP contribution >= 0.6 is 0 Å². The Kier molecular flexibility index (Phi) is 4.85. The first kappa shape index (κ1) is 16.1. The van der Waals surface area contributed by atoms with Gasteiger partial charge < -0.3 is 14.7 Å². The number of hydrogen-bond donors (Lipinski definition) is 1. The minimum atomic E-state index is -0.143. The summed E-state index contributed by atoms with van der Waals surface area (Å²) < 4.78 is 4.91. The average Bonchev–Trinajstić information content (AvgIpc) is 3.00. The lowest BCUT2D eigenvalue weighted by Gasteiger charge is -2.34. The molecule has 2 amide bonds. The molecule has 1 fully saturated rings. The summed E-state index contributed by atoms with van der Waals surface area (Å²) >= 11 is 0. The van der Waals surface area contributed by atoms with Crippen LogP contribution in [0.2, 0.25) is 0 Å². The number of amides is 2. The number of pyridine rings is 1. The Morgan fingerprint density at radius 2 is 2.08 bits per heavy atom. The zero-order chi connectivity index (χ0) is 16.9. The molecule has 0 aliphatic carbocycles. The summed E-state index contributed by atoms with van der Waals surface area (Å²) in [6.45, 7) is 4.50. The van der Waals surface area contributed by atoms with E-state index in [1.54, 1.807) is 42.4 Å². The van der Waals surface area contributed by atoms with Crippen molar-refractivity contribution in [3.05, 3.63) is 41.9 Å². The van der Waals surface area contributed by atoms with Crippen molar-refractivity contribution >= 4 is 17.6 Å². The Labute approximate surface area is 139 Å². The fourth-order valence-corrected chi connectivity index (χ4v) is 2.59. The molecule has 0 unspecified atom stereocenters. The maximum atomic E-state index is 12.3. The third kappa shape index (κ3) is 3.96. The topological polar surface area (TPSA) is 91.6 Å². The highest BCUT2D eigenvalue weighted by atomic mass is 16.5. The predicted molar refractivity (Wildman–Crippen MR) is 86.5 cm³/mol. The largest absolute Gasteiger partial charge is 0.360 e. The number of nitrogens with zero attached hydrogens (tertiary/aromatic N) is 4. The molecule has 126 valence electrons. The molecular formula is C16H19N5O3. The molecule has 24 heavy (non-hydrogen) atoms. The Hall–Kier alpha value is -2.74. The summed E-state index contributed by atoms with van der Waals surface area (Å²) in [4.78, 5) is 32.1. The smallest absolute Gasteiger partial charge is 0.255 e. The van der Waals surface area contributed by atoms with Crippen LogP contribution in [0.5, 0.6) is 0 Å². The minimum absolute atomic E-state index is 0.0229. The number of nitrogens with one attached hydrogen (secondary N) is 1. The molecule has 3 rings (SSSR count). The van der Waals surface area contributed by atoms with E-state index in [1.807, 2.05) is 4.90 Å². The van der Waals surface area contributed by atoms with E-state index in [9.17, 15) is 9.59 Å². The average molecular weight is 329 g/mol. The Morgan fingerprint density at radius 1 is 1.29 bits per heavy atom. The maximum Gasteiger partial charge on any atom is 0.255 e. The quantitative estimate of drug-likeness (QED) is 0.891. The van der Waals surface area contributed by atoms with E-state index in [-0.39, 0.29) is 18.4 Å². The normalized spacial score (nSPS) is 15.3. The van der Waals surface area contributed by atoms with E-state index in [4.69, 9.17) is 4.52 Å². The molecule has 8 nitrogen and oxygen atoms in total. The second-order valence-electron chi connectivity index (χ2n) is 5.68. The summed E-state index contributed by atoms with van der Waals surface area (Å²) in [7, 11) is 0. The van der Waals surface area contributed by atoms with Crippen molar-refractivity contribution in [1.29, 1.82) is 0 Å². The van der Waals surface area contributed by atoms with Crippen molar-refractivity contribution < 1.29 is 14.1 Å². The van der Waals surface area contributed by atoms with Crippen LogP contribution in [-0.2, 0) is 4.79 Å². The van der Waals surface area contributed by atoms with Crippen molar-refractivity contribution in [2.24, 2.45) is 0 Å². The lowest BCUT2D eigenvalue weighted by Crippen LogP contribution is -2.50. The fourth-order valence-electron chi connectivity index (χ4n) is 2.59. The second-order valence-corrected chi connectivity index (χ2v) is 5.68. The number of hydrogen-bond acceptors (Lipinski definition) is 6. The summed E-state index contributed by atoms with van der Waals surface area (Å²) in [5, 5.41) is 6.43. The molecule has 3 heterocycles. The number of carbonyl (C=O) groups excluding carboxylic acids is 2. The first-order valence-corrected chi connectivity index (χ1v) is 7.76. The highest BCUT2D eigenvalue weighted by Gasteiger charge is 2.23. The molecule has 2 aromatic rings. The third-order valence-electron chi connectivity index (χ3n) is 3.83. The van der Waals surface area contributed by atoms with Crippen molar-refractivity contribution in [3.63, 3.8) is 0 Å². The molecule has 0 spiro atoms. The zero-order valence-corrected chi connectivity index (χ0v) is 13.4. The fraction of sp³-hybridized carbons (Fsp3) is 0.375. The first-order chi connectivity index (χ1) is 11.6. The Bertz CT molecular complexity index is 708. The number of anilines is 1. The predicted octanol–water partition coefficient (Wildman–Crippen LogP) is 0.775. The van der Waals surface area contributed by atoms with Crippen LogP contribution in [0.4, 0.5) is 5.82 Å². The molecule has 8 heteroatoms. The summed E-state index contributed by atoms with van der Waals surface area (Å²) in [6, 6.07) is 5.18. The molecule has 0 saturated carbocycles. The van der Waals surface area contributed by atoms with Gasteiger partial charge in [0.1, 0.15) is 5.76 Å². The molecule has 1 N–H and O–H groups in total. The molecule has 0 atom stereocenters. The maximum absolute atomic E-state index is 12.3. The number of carbonyl (C=O) groups is 2. The van der Waals surface area contributed by atoms with E-state index in [2.05, 4.69) is 15.5 Å². The monoisotopic (exact) mass is 329 g/mol. The van der Waals surface area contributed by atoms with Crippen LogP contribution in [0.15, 0.2) is 35.1 Å². The minimum Gasteiger partial charge on any atom is -0.360 e. The number of aromatic nitrogens is 2. The molecule has 1 aliphatic rings.